The van der Waals surface area contributed by atoms with E-state index in [-0.39, 0.29) is 17.7 Å². The van der Waals surface area contributed by atoms with E-state index in [0.29, 0.717) is 17.8 Å². The molecular formula is C27H29N5O. The van der Waals surface area contributed by atoms with Gasteiger partial charge in [0.05, 0.1) is 12.1 Å². The molecule has 168 valence electrons. The first kappa shape index (κ1) is 21.1. The highest BCUT2D eigenvalue weighted by molar-refractivity contribution is 6.05. The van der Waals surface area contributed by atoms with Crippen molar-refractivity contribution in [3.8, 4) is 0 Å². The van der Waals surface area contributed by atoms with Crippen LogP contribution >= 0.6 is 0 Å². The van der Waals surface area contributed by atoms with E-state index in [4.69, 9.17) is 16.9 Å². The molecule has 1 fully saturated rings. The Morgan fingerprint density at radius 3 is 2.55 bits per heavy atom. The first-order valence-corrected chi connectivity index (χ1v) is 11.6. The second-order valence-corrected chi connectivity index (χ2v) is 8.99. The van der Waals surface area contributed by atoms with Crippen LogP contribution in [0, 0.1) is 11.3 Å². The van der Waals surface area contributed by atoms with Crippen LogP contribution < -0.4 is 16.8 Å². The number of aromatic nitrogens is 1. The molecule has 0 atom stereocenters. The van der Waals surface area contributed by atoms with E-state index in [1.54, 1.807) is 6.07 Å². The molecular weight excluding hydrogens is 410 g/mol. The number of fused-ring (bicyclic) bond motifs is 2. The van der Waals surface area contributed by atoms with Gasteiger partial charge in [0.15, 0.2) is 0 Å². The quantitative estimate of drug-likeness (QED) is 0.194. The smallest absolute Gasteiger partial charge is 0.228 e. The Morgan fingerprint density at radius 1 is 1.00 bits per heavy atom. The number of anilines is 2. The fraction of sp³-hybridized carbons (Fsp3) is 0.259. The van der Waals surface area contributed by atoms with Crippen molar-refractivity contribution in [2.45, 2.75) is 38.6 Å². The molecule has 4 aromatic rings. The summed E-state index contributed by atoms with van der Waals surface area (Å²) in [6.45, 7) is 0.561. The largest absolute Gasteiger partial charge is 0.398 e. The summed E-state index contributed by atoms with van der Waals surface area (Å²) in [5, 5.41) is 14.3. The zero-order chi connectivity index (χ0) is 22.9. The molecule has 0 spiro atoms. The predicted octanol–water partition coefficient (Wildman–Crippen LogP) is 5.23. The van der Waals surface area contributed by atoms with Gasteiger partial charge < -0.3 is 21.4 Å². The number of nitrogens with two attached hydrogens (primary N) is 2. The Hall–Kier alpha value is -3.80. The van der Waals surface area contributed by atoms with Gasteiger partial charge in [0, 0.05) is 22.6 Å². The second kappa shape index (κ2) is 8.62. The number of nitrogens with one attached hydrogen (secondary N) is 2. The molecule has 5 rings (SSSR count). The van der Waals surface area contributed by atoms with Crippen molar-refractivity contribution in [2.75, 3.05) is 11.1 Å². The lowest BCUT2D eigenvalue weighted by molar-refractivity contribution is -0.120. The monoisotopic (exact) mass is 439 g/mol. The molecule has 1 aromatic heterocycles. The third-order valence-corrected chi connectivity index (χ3v) is 6.80. The van der Waals surface area contributed by atoms with Crippen molar-refractivity contribution >= 4 is 44.9 Å². The van der Waals surface area contributed by atoms with E-state index in [1.807, 2.05) is 24.3 Å². The standard InChI is InChI=1S/C27H29N5O/c28-23-13-20(26(29)30)14-24-22(23)15-25(31-27(33)18-8-2-1-3-9-18)32(24)16-19-11-6-10-17-7-4-5-12-21(17)19/h4-7,10-15,18H,1-3,8-9,16,28H2,(H3,29,30)(H,31,33). The van der Waals surface area contributed by atoms with E-state index in [9.17, 15) is 4.79 Å². The number of nitrogens with zero attached hydrogens (tertiary/aromatic N) is 1. The van der Waals surface area contributed by atoms with Gasteiger partial charge >= 0.3 is 0 Å². The van der Waals surface area contributed by atoms with E-state index in [2.05, 4.69) is 40.2 Å². The summed E-state index contributed by atoms with van der Waals surface area (Å²) in [5.41, 5.74) is 15.3. The van der Waals surface area contributed by atoms with Crippen molar-refractivity contribution < 1.29 is 4.79 Å². The molecule has 0 saturated heterocycles. The summed E-state index contributed by atoms with van der Waals surface area (Å²) in [6.07, 6.45) is 5.28. The Labute approximate surface area is 193 Å². The third kappa shape index (κ3) is 4.04. The molecule has 0 bridgehead atoms. The second-order valence-electron chi connectivity index (χ2n) is 8.99. The van der Waals surface area contributed by atoms with Crippen molar-refractivity contribution in [2.24, 2.45) is 11.7 Å². The molecule has 6 heteroatoms. The van der Waals surface area contributed by atoms with Gasteiger partial charge in [-0.05, 0) is 47.4 Å². The maximum atomic E-state index is 13.1. The van der Waals surface area contributed by atoms with Crippen LogP contribution in [0.3, 0.4) is 0 Å². The van der Waals surface area contributed by atoms with E-state index in [0.717, 1.165) is 48.0 Å². The summed E-state index contributed by atoms with van der Waals surface area (Å²) in [6, 6.07) is 20.1. The zero-order valence-electron chi connectivity index (χ0n) is 18.6. The third-order valence-electron chi connectivity index (χ3n) is 6.80. The lowest BCUT2D eigenvalue weighted by Crippen LogP contribution is -2.26. The molecule has 6 N–H and O–H groups in total. The number of hydrogen-bond acceptors (Lipinski definition) is 3. The highest BCUT2D eigenvalue weighted by Gasteiger charge is 2.23. The average Bonchev–Trinajstić information content (AvgIpc) is 3.17. The maximum absolute atomic E-state index is 13.1. The van der Waals surface area contributed by atoms with Gasteiger partial charge in [0.2, 0.25) is 5.91 Å². The summed E-state index contributed by atoms with van der Waals surface area (Å²) in [7, 11) is 0. The van der Waals surface area contributed by atoms with Crippen LogP contribution in [0.1, 0.15) is 43.2 Å². The number of nitrogen functional groups attached to an aromatic ring is 2. The number of amidine groups is 1. The molecule has 1 aliphatic rings. The number of carbonyl (C=O) groups is 1. The minimum atomic E-state index is -0.0331. The summed E-state index contributed by atoms with van der Waals surface area (Å²) in [4.78, 5) is 13.1. The molecule has 1 aliphatic carbocycles. The molecule has 1 amide bonds. The molecule has 0 unspecified atom stereocenters. The van der Waals surface area contributed by atoms with Gasteiger partial charge in [0.25, 0.3) is 0 Å². The van der Waals surface area contributed by atoms with Crippen LogP contribution in [0.5, 0.6) is 0 Å². The zero-order valence-corrected chi connectivity index (χ0v) is 18.6. The van der Waals surface area contributed by atoms with Gasteiger partial charge in [-0.2, -0.15) is 0 Å². The lowest BCUT2D eigenvalue weighted by atomic mass is 9.89. The SMILES string of the molecule is N=C(N)c1cc(N)c2cc(NC(=O)C3CCCCC3)n(Cc3cccc4ccccc34)c2c1. The van der Waals surface area contributed by atoms with E-state index < -0.39 is 0 Å². The Morgan fingerprint density at radius 2 is 1.76 bits per heavy atom. The number of hydrogen-bond donors (Lipinski definition) is 4. The number of amides is 1. The average molecular weight is 440 g/mol. The van der Waals surface area contributed by atoms with Crippen LogP contribution in [0.25, 0.3) is 21.7 Å². The molecule has 1 heterocycles. The van der Waals surface area contributed by atoms with Crippen LogP contribution in [0.15, 0.2) is 60.7 Å². The Balaban J connectivity index is 1.62. The van der Waals surface area contributed by atoms with Crippen LogP contribution in [0.2, 0.25) is 0 Å². The van der Waals surface area contributed by atoms with E-state index >= 15 is 0 Å². The highest BCUT2D eigenvalue weighted by atomic mass is 16.2. The van der Waals surface area contributed by atoms with Crippen molar-refractivity contribution in [1.82, 2.24) is 4.57 Å². The minimum absolute atomic E-state index is 0.0331. The normalized spacial score (nSPS) is 14.5. The van der Waals surface area contributed by atoms with Gasteiger partial charge in [-0.1, -0.05) is 61.7 Å². The number of rotatable bonds is 5. The van der Waals surface area contributed by atoms with Crippen molar-refractivity contribution in [1.29, 1.82) is 5.41 Å². The molecule has 1 saturated carbocycles. The predicted molar refractivity (Wildman–Crippen MR) is 136 cm³/mol. The van der Waals surface area contributed by atoms with E-state index in [1.165, 1.54) is 17.2 Å². The maximum Gasteiger partial charge on any atom is 0.228 e. The summed E-state index contributed by atoms with van der Waals surface area (Å²) >= 11 is 0. The molecule has 3 aromatic carbocycles. The first-order valence-electron chi connectivity index (χ1n) is 11.6. The number of carbonyl (C=O) groups excluding carboxylic acids is 1. The lowest BCUT2D eigenvalue weighted by Gasteiger charge is -2.21. The fourth-order valence-electron chi connectivity index (χ4n) is 5.01. The first-order chi connectivity index (χ1) is 16.0. The van der Waals surface area contributed by atoms with Crippen molar-refractivity contribution in [3.05, 3.63) is 71.8 Å². The molecule has 0 radical (unpaired) electrons. The molecule has 6 nitrogen and oxygen atoms in total. The summed E-state index contributed by atoms with van der Waals surface area (Å²) in [5.74, 6) is 0.810. The van der Waals surface area contributed by atoms with Crippen molar-refractivity contribution in [3.63, 3.8) is 0 Å². The van der Waals surface area contributed by atoms with Crippen LogP contribution in [-0.4, -0.2) is 16.3 Å². The Bertz CT molecular complexity index is 1360. The summed E-state index contributed by atoms with van der Waals surface area (Å²) < 4.78 is 2.08. The minimum Gasteiger partial charge on any atom is -0.398 e. The number of benzene rings is 3. The Kier molecular flexibility index (Phi) is 5.50. The van der Waals surface area contributed by atoms with Gasteiger partial charge in [-0.3, -0.25) is 10.2 Å². The van der Waals surface area contributed by atoms with Gasteiger partial charge in [-0.15, -0.1) is 0 Å². The van der Waals surface area contributed by atoms with Crippen LogP contribution in [-0.2, 0) is 11.3 Å². The van der Waals surface area contributed by atoms with Gasteiger partial charge in [-0.25, -0.2) is 0 Å². The topological polar surface area (TPSA) is 110 Å². The highest BCUT2D eigenvalue weighted by Crippen LogP contribution is 2.33. The van der Waals surface area contributed by atoms with Crippen LogP contribution in [0.4, 0.5) is 11.5 Å². The fourth-order valence-corrected chi connectivity index (χ4v) is 5.01. The molecule has 0 aliphatic heterocycles. The molecule has 33 heavy (non-hydrogen) atoms. The van der Waals surface area contributed by atoms with Gasteiger partial charge in [0.1, 0.15) is 11.7 Å².